The van der Waals surface area contributed by atoms with Gasteiger partial charge in [0, 0.05) is 24.8 Å². The Morgan fingerprint density at radius 2 is 1.60 bits per heavy atom. The first-order valence-electron chi connectivity index (χ1n) is 13.0. The Balaban J connectivity index is 1.68. The van der Waals surface area contributed by atoms with E-state index >= 15 is 0 Å². The number of carbonyl (C=O) groups is 1. The van der Waals surface area contributed by atoms with Gasteiger partial charge in [0.05, 0.1) is 28.6 Å². The molecule has 0 bridgehead atoms. The Labute approximate surface area is 234 Å². The number of thiophene rings is 1. The highest BCUT2D eigenvalue weighted by Gasteiger charge is 2.31. The number of aliphatic hydroxyl groups excluding tert-OH is 1. The van der Waals surface area contributed by atoms with Gasteiger partial charge in [-0.2, -0.15) is 5.10 Å². The third-order valence-electron chi connectivity index (χ3n) is 6.82. The van der Waals surface area contributed by atoms with Gasteiger partial charge in [-0.05, 0) is 31.9 Å². The molecule has 3 aromatic heterocycles. The lowest BCUT2D eigenvalue weighted by atomic mass is 9.99. The van der Waals surface area contributed by atoms with Crippen molar-refractivity contribution in [3.05, 3.63) is 121 Å². The summed E-state index contributed by atoms with van der Waals surface area (Å²) < 4.78 is 9.52. The highest BCUT2D eigenvalue weighted by Crippen LogP contribution is 2.38. The summed E-state index contributed by atoms with van der Waals surface area (Å²) >= 11 is 1.05. The van der Waals surface area contributed by atoms with Crippen molar-refractivity contribution in [1.29, 1.82) is 0 Å². The van der Waals surface area contributed by atoms with Gasteiger partial charge in [-0.1, -0.05) is 60.7 Å². The minimum Gasteiger partial charge on any atom is -0.462 e. The van der Waals surface area contributed by atoms with E-state index in [0.29, 0.717) is 10.4 Å². The molecule has 0 fully saturated rings. The van der Waals surface area contributed by atoms with Crippen LogP contribution in [-0.4, -0.2) is 36.6 Å². The molecule has 5 aromatic rings. The Kier molecular flexibility index (Phi) is 7.55. The zero-order valence-corrected chi connectivity index (χ0v) is 23.5. The summed E-state index contributed by atoms with van der Waals surface area (Å²) in [4.78, 5) is 40.0. The third-order valence-corrected chi connectivity index (χ3v) is 8.07. The molecule has 1 unspecified atom stereocenters. The maximum absolute atomic E-state index is 13.3. The average Bonchev–Trinajstić information content (AvgIpc) is 3.59. The maximum atomic E-state index is 13.3. The molecule has 1 N–H and O–H groups in total. The van der Waals surface area contributed by atoms with Crippen LogP contribution in [0.3, 0.4) is 0 Å². The minimum atomic E-state index is -1.29. The molecule has 0 aliphatic carbocycles. The van der Waals surface area contributed by atoms with E-state index < -0.39 is 23.3 Å². The summed E-state index contributed by atoms with van der Waals surface area (Å²) in [5, 5.41) is 16.3. The molecule has 0 radical (unpaired) electrons. The Morgan fingerprint density at radius 3 is 2.15 bits per heavy atom. The fourth-order valence-corrected chi connectivity index (χ4v) is 6.34. The van der Waals surface area contributed by atoms with E-state index in [1.165, 1.54) is 11.6 Å². The standard InChI is InChI=1S/C30H30N4O5S/c1-5-39-29(37)22-23-27(36)32(4)30(38)34(18(2)3)28(23)40-26(22)25(35)21-16-31-33(17-21)24(19-12-8-6-9-13-19)20-14-10-7-11-15-20/h6-18,24-25,35H,5H2,1-4H3. The summed E-state index contributed by atoms with van der Waals surface area (Å²) in [6.07, 6.45) is 2.00. The van der Waals surface area contributed by atoms with E-state index in [1.54, 1.807) is 24.0 Å². The number of hydrogen-bond donors (Lipinski definition) is 1. The number of benzene rings is 2. The molecule has 2 aromatic carbocycles. The first kappa shape index (κ1) is 27.3. The van der Waals surface area contributed by atoms with Crippen molar-refractivity contribution in [2.45, 2.75) is 39.0 Å². The topological polar surface area (TPSA) is 108 Å². The van der Waals surface area contributed by atoms with Gasteiger partial charge in [0.2, 0.25) is 0 Å². The quantitative estimate of drug-likeness (QED) is 0.282. The van der Waals surface area contributed by atoms with Crippen LogP contribution in [0, 0.1) is 0 Å². The van der Waals surface area contributed by atoms with Crippen LogP contribution in [0.4, 0.5) is 0 Å². The van der Waals surface area contributed by atoms with Gasteiger partial charge >= 0.3 is 11.7 Å². The molecule has 0 amide bonds. The number of hydrogen-bond acceptors (Lipinski definition) is 7. The zero-order valence-electron chi connectivity index (χ0n) is 22.6. The Hall–Kier alpha value is -4.28. The van der Waals surface area contributed by atoms with Gasteiger partial charge in [0.1, 0.15) is 17.0 Å². The first-order chi connectivity index (χ1) is 19.2. The zero-order chi connectivity index (χ0) is 28.6. The van der Waals surface area contributed by atoms with Crippen LogP contribution in [0.5, 0.6) is 0 Å². The van der Waals surface area contributed by atoms with Crippen molar-refractivity contribution >= 4 is 27.5 Å². The molecule has 0 aliphatic rings. The van der Waals surface area contributed by atoms with Crippen LogP contribution >= 0.6 is 11.3 Å². The molecule has 5 rings (SSSR count). The average molecular weight is 559 g/mol. The predicted molar refractivity (Wildman–Crippen MR) is 154 cm³/mol. The fourth-order valence-electron chi connectivity index (χ4n) is 4.92. The molecular weight excluding hydrogens is 528 g/mol. The summed E-state index contributed by atoms with van der Waals surface area (Å²) in [6.45, 7) is 5.40. The van der Waals surface area contributed by atoms with Crippen molar-refractivity contribution in [3.63, 3.8) is 0 Å². The third kappa shape index (κ3) is 4.69. The fraction of sp³-hybridized carbons (Fsp3) is 0.267. The van der Waals surface area contributed by atoms with Crippen molar-refractivity contribution in [2.75, 3.05) is 6.61 Å². The molecule has 0 saturated carbocycles. The largest absolute Gasteiger partial charge is 0.462 e. The smallest absolute Gasteiger partial charge is 0.340 e. The Morgan fingerprint density at radius 1 is 1.00 bits per heavy atom. The van der Waals surface area contributed by atoms with Crippen molar-refractivity contribution in [1.82, 2.24) is 18.9 Å². The van der Waals surface area contributed by atoms with E-state index in [2.05, 4.69) is 5.10 Å². The molecule has 206 valence electrons. The van der Waals surface area contributed by atoms with Crippen LogP contribution in [0.25, 0.3) is 10.2 Å². The van der Waals surface area contributed by atoms with E-state index in [9.17, 15) is 19.5 Å². The SMILES string of the molecule is CCOC(=O)c1c(C(O)c2cnn(C(c3ccccc3)c3ccccc3)c2)sc2c1c(=O)n(C)c(=O)n2C(C)C. The molecule has 1 atom stereocenters. The van der Waals surface area contributed by atoms with E-state index in [1.807, 2.05) is 74.5 Å². The minimum absolute atomic E-state index is 0.0280. The number of aromatic nitrogens is 4. The van der Waals surface area contributed by atoms with Gasteiger partial charge in [-0.15, -0.1) is 11.3 Å². The molecule has 0 saturated heterocycles. The molecule has 3 heterocycles. The number of nitrogens with zero attached hydrogens (tertiary/aromatic N) is 4. The van der Waals surface area contributed by atoms with Crippen LogP contribution in [0.1, 0.15) is 70.9 Å². The molecule has 0 spiro atoms. The van der Waals surface area contributed by atoms with Crippen LogP contribution in [0.2, 0.25) is 0 Å². The van der Waals surface area contributed by atoms with Crippen molar-refractivity contribution < 1.29 is 14.6 Å². The monoisotopic (exact) mass is 558 g/mol. The number of aliphatic hydroxyl groups is 1. The second-order valence-corrected chi connectivity index (χ2v) is 10.8. The second kappa shape index (κ2) is 11.1. The first-order valence-corrected chi connectivity index (χ1v) is 13.8. The lowest BCUT2D eigenvalue weighted by molar-refractivity contribution is 0.0524. The normalized spacial score (nSPS) is 12.4. The maximum Gasteiger partial charge on any atom is 0.340 e. The molecule has 9 nitrogen and oxygen atoms in total. The molecular formula is C30H30N4O5S. The van der Waals surface area contributed by atoms with Crippen LogP contribution in [0.15, 0.2) is 82.6 Å². The lowest BCUT2D eigenvalue weighted by Gasteiger charge is -2.19. The van der Waals surface area contributed by atoms with Crippen LogP contribution < -0.4 is 11.2 Å². The van der Waals surface area contributed by atoms with Gasteiger partial charge < -0.3 is 9.84 Å². The number of carbonyl (C=O) groups excluding carboxylic acids is 1. The molecule has 0 aliphatic heterocycles. The van der Waals surface area contributed by atoms with Gasteiger partial charge in [-0.3, -0.25) is 18.6 Å². The highest BCUT2D eigenvalue weighted by molar-refractivity contribution is 7.19. The van der Waals surface area contributed by atoms with Crippen molar-refractivity contribution in [2.24, 2.45) is 7.05 Å². The number of esters is 1. The lowest BCUT2D eigenvalue weighted by Crippen LogP contribution is -2.38. The summed E-state index contributed by atoms with van der Waals surface area (Å²) in [5.41, 5.74) is 1.32. The summed E-state index contributed by atoms with van der Waals surface area (Å²) in [6, 6.07) is 19.3. The van der Waals surface area contributed by atoms with Gasteiger partial charge in [-0.25, -0.2) is 9.59 Å². The van der Waals surface area contributed by atoms with Gasteiger partial charge in [0.15, 0.2) is 0 Å². The van der Waals surface area contributed by atoms with Crippen LogP contribution in [-0.2, 0) is 11.8 Å². The molecule has 10 heteroatoms. The predicted octanol–water partition coefficient (Wildman–Crippen LogP) is 4.44. The van der Waals surface area contributed by atoms with Gasteiger partial charge in [0.25, 0.3) is 5.56 Å². The number of fused-ring (bicyclic) bond motifs is 1. The summed E-state index contributed by atoms with van der Waals surface area (Å²) in [5.74, 6) is -0.729. The van der Waals surface area contributed by atoms with Crippen molar-refractivity contribution in [3.8, 4) is 0 Å². The van der Waals surface area contributed by atoms with E-state index in [-0.39, 0.29) is 34.5 Å². The molecule has 40 heavy (non-hydrogen) atoms. The second-order valence-electron chi connectivity index (χ2n) is 9.73. The van der Waals surface area contributed by atoms with E-state index in [0.717, 1.165) is 27.0 Å². The number of rotatable bonds is 8. The van der Waals surface area contributed by atoms with E-state index in [4.69, 9.17) is 4.74 Å². The number of ether oxygens (including phenoxy) is 1. The highest BCUT2D eigenvalue weighted by atomic mass is 32.1. The Bertz CT molecular complexity index is 1740. The summed E-state index contributed by atoms with van der Waals surface area (Å²) in [7, 11) is 1.38.